The average Bonchev–Trinajstić information content (AvgIpc) is 2.60. The quantitative estimate of drug-likeness (QED) is 0.570. The molecule has 25 heavy (non-hydrogen) atoms. The zero-order chi connectivity index (χ0) is 18.2. The summed E-state index contributed by atoms with van der Waals surface area (Å²) in [5, 5.41) is 10.2. The van der Waals surface area contributed by atoms with Crippen molar-refractivity contribution in [2.45, 2.75) is 31.5 Å². The van der Waals surface area contributed by atoms with E-state index < -0.39 is 5.97 Å². The highest BCUT2D eigenvalue weighted by Crippen LogP contribution is 2.14. The smallest absolute Gasteiger partial charge is 0.338 e. The Morgan fingerprint density at radius 3 is 2.68 bits per heavy atom. The molecule has 0 bridgehead atoms. The third kappa shape index (κ3) is 6.03. The molecule has 0 spiro atoms. The molecular formula is C16H18N4O4S. The van der Waals surface area contributed by atoms with Crippen LogP contribution in [-0.2, 0) is 9.53 Å². The highest BCUT2D eigenvalue weighted by atomic mass is 32.2. The Balaban J connectivity index is 1.86. The summed E-state index contributed by atoms with van der Waals surface area (Å²) in [4.78, 5) is 37.3. The Labute approximate surface area is 148 Å². The Hall–Kier alpha value is -2.68. The van der Waals surface area contributed by atoms with Crippen LogP contribution in [0, 0.1) is 0 Å². The molecule has 1 heterocycles. The van der Waals surface area contributed by atoms with Crippen molar-refractivity contribution in [1.29, 1.82) is 0 Å². The lowest BCUT2D eigenvalue weighted by Crippen LogP contribution is -2.16. The molecule has 0 saturated heterocycles. The predicted molar refractivity (Wildman–Crippen MR) is 93.6 cm³/mol. The fourth-order valence-electron chi connectivity index (χ4n) is 1.72. The van der Waals surface area contributed by atoms with Crippen LogP contribution < -0.4 is 10.9 Å². The van der Waals surface area contributed by atoms with Gasteiger partial charge in [-0.3, -0.25) is 14.6 Å². The first-order valence-electron chi connectivity index (χ1n) is 7.63. The number of benzene rings is 1. The van der Waals surface area contributed by atoms with Gasteiger partial charge in [0.25, 0.3) is 5.56 Å². The number of anilines is 1. The zero-order valence-electron chi connectivity index (χ0n) is 13.8. The highest BCUT2D eigenvalue weighted by Gasteiger charge is 2.11. The van der Waals surface area contributed by atoms with Gasteiger partial charge >= 0.3 is 5.97 Å². The van der Waals surface area contributed by atoms with Gasteiger partial charge in [-0.05, 0) is 37.6 Å². The number of carbonyl (C=O) groups is 2. The Morgan fingerprint density at radius 2 is 2.04 bits per heavy atom. The van der Waals surface area contributed by atoms with Crippen molar-refractivity contribution in [1.82, 2.24) is 15.2 Å². The lowest BCUT2D eigenvalue weighted by Gasteiger charge is -2.11. The largest absolute Gasteiger partial charge is 0.459 e. The number of ether oxygens (including phenoxy) is 1. The first-order chi connectivity index (χ1) is 12.0. The molecule has 9 heteroatoms. The number of carbonyl (C=O) groups excluding carboxylic acids is 2. The molecule has 0 aliphatic rings. The maximum Gasteiger partial charge on any atom is 0.338 e. The fraction of sp³-hybridized carbons (Fsp3) is 0.312. The Bertz CT molecular complexity index is 791. The minimum atomic E-state index is -0.394. The topological polar surface area (TPSA) is 114 Å². The van der Waals surface area contributed by atoms with Crippen molar-refractivity contribution in [2.75, 3.05) is 11.1 Å². The summed E-state index contributed by atoms with van der Waals surface area (Å²) >= 11 is 1.06. The van der Waals surface area contributed by atoms with Gasteiger partial charge in [0.05, 0.1) is 17.4 Å². The van der Waals surface area contributed by atoms with Gasteiger partial charge in [0.15, 0.2) is 5.16 Å². The highest BCUT2D eigenvalue weighted by molar-refractivity contribution is 7.99. The van der Waals surface area contributed by atoms with Crippen LogP contribution >= 0.6 is 11.8 Å². The van der Waals surface area contributed by atoms with Crippen LogP contribution in [-0.4, -0.2) is 38.9 Å². The van der Waals surface area contributed by atoms with Crippen molar-refractivity contribution in [3.8, 4) is 0 Å². The summed E-state index contributed by atoms with van der Waals surface area (Å²) in [6.07, 6.45) is 1.66. The van der Waals surface area contributed by atoms with Crippen LogP contribution in [0.15, 0.2) is 40.4 Å². The first kappa shape index (κ1) is 18.7. The van der Waals surface area contributed by atoms with Gasteiger partial charge in [-0.15, -0.1) is 5.10 Å². The monoisotopic (exact) mass is 362 g/mol. The molecule has 1 atom stereocenters. The molecule has 1 aromatic carbocycles. The number of hydrogen-bond donors (Lipinski definition) is 2. The van der Waals surface area contributed by atoms with Gasteiger partial charge < -0.3 is 10.1 Å². The molecule has 1 aromatic heterocycles. The number of nitrogens with one attached hydrogen (secondary N) is 2. The molecule has 0 saturated carbocycles. The third-order valence-electron chi connectivity index (χ3n) is 3.18. The molecule has 1 amide bonds. The number of amides is 1. The standard InChI is InChI=1S/C16H18N4O4S/c1-3-10(2)24-15(23)11-4-6-12(7-5-11)18-14(22)9-25-16-19-13(21)8-17-20-16/h4-8,10H,3,9H2,1-2H3,(H,18,22)(H,19,20,21). The molecular weight excluding hydrogens is 344 g/mol. The molecule has 132 valence electrons. The maximum absolute atomic E-state index is 11.9. The second-order valence-corrected chi connectivity index (χ2v) is 6.14. The molecule has 2 N–H and O–H groups in total. The van der Waals surface area contributed by atoms with E-state index in [1.165, 1.54) is 0 Å². The second-order valence-electron chi connectivity index (χ2n) is 5.18. The number of rotatable bonds is 7. The van der Waals surface area contributed by atoms with Crippen molar-refractivity contribution in [2.24, 2.45) is 0 Å². The SMILES string of the molecule is CCC(C)OC(=O)c1ccc(NC(=O)CSc2nncc(=O)[nH]2)cc1. The van der Waals surface area contributed by atoms with E-state index >= 15 is 0 Å². The van der Waals surface area contributed by atoms with Gasteiger partial charge in [-0.1, -0.05) is 18.7 Å². The van der Waals surface area contributed by atoms with Crippen LogP contribution in [0.4, 0.5) is 5.69 Å². The number of aromatic nitrogens is 3. The summed E-state index contributed by atoms with van der Waals surface area (Å²) in [5.41, 5.74) is 0.598. The molecule has 0 aliphatic heterocycles. The van der Waals surface area contributed by atoms with Gasteiger partial charge in [0, 0.05) is 5.69 Å². The van der Waals surface area contributed by atoms with Crippen LogP contribution in [0.3, 0.4) is 0 Å². The molecule has 2 rings (SSSR count). The van der Waals surface area contributed by atoms with Crippen LogP contribution in [0.5, 0.6) is 0 Å². The fourth-order valence-corrected chi connectivity index (χ4v) is 2.33. The summed E-state index contributed by atoms with van der Waals surface area (Å²) in [6.45, 7) is 3.76. The normalized spacial score (nSPS) is 11.6. The molecule has 0 aliphatic carbocycles. The molecule has 8 nitrogen and oxygen atoms in total. The van der Waals surface area contributed by atoms with Crippen molar-refractivity contribution in [3.05, 3.63) is 46.4 Å². The van der Waals surface area contributed by atoms with Gasteiger partial charge in [-0.25, -0.2) is 4.79 Å². The number of aromatic amines is 1. The van der Waals surface area contributed by atoms with Gasteiger partial charge in [-0.2, -0.15) is 5.10 Å². The van der Waals surface area contributed by atoms with Crippen LogP contribution in [0.25, 0.3) is 0 Å². The lowest BCUT2D eigenvalue weighted by atomic mass is 10.2. The minimum absolute atomic E-state index is 0.0619. The molecule has 1 unspecified atom stereocenters. The summed E-state index contributed by atoms with van der Waals surface area (Å²) in [5.74, 6) is -0.604. The average molecular weight is 362 g/mol. The van der Waals surface area contributed by atoms with Crippen molar-refractivity contribution in [3.63, 3.8) is 0 Å². The predicted octanol–water partition coefficient (Wildman–Crippen LogP) is 1.85. The van der Waals surface area contributed by atoms with E-state index in [4.69, 9.17) is 4.74 Å². The van der Waals surface area contributed by atoms with E-state index in [0.717, 1.165) is 24.4 Å². The number of nitrogens with zero attached hydrogens (tertiary/aromatic N) is 2. The van der Waals surface area contributed by atoms with E-state index in [1.54, 1.807) is 24.3 Å². The number of hydrogen-bond acceptors (Lipinski definition) is 7. The van der Waals surface area contributed by atoms with Gasteiger partial charge in [0.1, 0.15) is 6.20 Å². The lowest BCUT2D eigenvalue weighted by molar-refractivity contribution is -0.113. The van der Waals surface area contributed by atoms with E-state index in [2.05, 4.69) is 20.5 Å². The summed E-state index contributed by atoms with van der Waals surface area (Å²) < 4.78 is 5.23. The maximum atomic E-state index is 11.9. The minimum Gasteiger partial charge on any atom is -0.459 e. The number of thioether (sulfide) groups is 1. The van der Waals surface area contributed by atoms with Gasteiger partial charge in [0.2, 0.25) is 5.91 Å². The van der Waals surface area contributed by atoms with E-state index in [1.807, 2.05) is 13.8 Å². The van der Waals surface area contributed by atoms with E-state index in [0.29, 0.717) is 11.3 Å². The molecule has 0 radical (unpaired) electrons. The molecule has 0 fully saturated rings. The number of H-pyrrole nitrogens is 1. The Kier molecular flexibility index (Phi) is 6.70. The van der Waals surface area contributed by atoms with Crippen molar-refractivity contribution >= 4 is 29.3 Å². The Morgan fingerprint density at radius 1 is 1.32 bits per heavy atom. The van der Waals surface area contributed by atoms with Crippen LogP contribution in [0.2, 0.25) is 0 Å². The van der Waals surface area contributed by atoms with Crippen molar-refractivity contribution < 1.29 is 14.3 Å². The zero-order valence-corrected chi connectivity index (χ0v) is 14.6. The number of esters is 1. The van der Waals surface area contributed by atoms with E-state index in [-0.39, 0.29) is 28.5 Å². The van der Waals surface area contributed by atoms with E-state index in [9.17, 15) is 14.4 Å². The van der Waals surface area contributed by atoms with Crippen LogP contribution in [0.1, 0.15) is 30.6 Å². The second kappa shape index (κ2) is 8.97. The summed E-state index contributed by atoms with van der Waals surface area (Å²) in [6, 6.07) is 6.43. The summed E-state index contributed by atoms with van der Waals surface area (Å²) in [7, 11) is 0. The third-order valence-corrected chi connectivity index (χ3v) is 4.04. The molecule has 2 aromatic rings. The first-order valence-corrected chi connectivity index (χ1v) is 8.62.